The maximum atomic E-state index is 12.8. The van der Waals surface area contributed by atoms with Crippen LogP contribution in [0.4, 0.5) is 5.69 Å². The number of sulfonamides is 1. The van der Waals surface area contributed by atoms with E-state index in [2.05, 4.69) is 14.8 Å². The molecule has 0 radical (unpaired) electrons. The Morgan fingerprint density at radius 1 is 1.23 bits per heavy atom. The number of fused-ring (bicyclic) bond motifs is 1. The Labute approximate surface area is 159 Å². The number of piperidine rings is 1. The Kier molecular flexibility index (Phi) is 5.24. The summed E-state index contributed by atoms with van der Waals surface area (Å²) >= 11 is 0. The van der Waals surface area contributed by atoms with Crippen molar-refractivity contribution in [1.82, 2.24) is 10.0 Å². The lowest BCUT2D eigenvalue weighted by molar-refractivity contribution is 0.165. The Bertz CT molecular complexity index is 809. The molecule has 2 atom stereocenters. The maximum Gasteiger partial charge on any atom is 0.229 e. The third-order valence-electron chi connectivity index (χ3n) is 5.30. The normalized spacial score (nSPS) is 23.6. The van der Waals surface area contributed by atoms with Crippen molar-refractivity contribution in [2.45, 2.75) is 50.8 Å². The molecule has 0 amide bonds. The van der Waals surface area contributed by atoms with E-state index in [1.165, 1.54) is 5.56 Å². The van der Waals surface area contributed by atoms with E-state index in [9.17, 15) is 12.6 Å². The van der Waals surface area contributed by atoms with Crippen molar-refractivity contribution in [1.29, 1.82) is 0 Å². The molecule has 0 saturated carbocycles. The minimum absolute atomic E-state index is 0.0260. The molecule has 1 spiro atoms. The van der Waals surface area contributed by atoms with Gasteiger partial charge >= 0.3 is 0 Å². The molecule has 0 unspecified atom stereocenters. The zero-order valence-corrected chi connectivity index (χ0v) is 17.5. The van der Waals surface area contributed by atoms with E-state index in [0.717, 1.165) is 44.2 Å². The molecule has 1 heterocycles. The predicted octanol–water partition coefficient (Wildman–Crippen LogP) is 2.08. The summed E-state index contributed by atoms with van der Waals surface area (Å²) in [5.41, 5.74) is 2.87. The second-order valence-electron chi connectivity index (χ2n) is 8.51. The SMILES string of the molecule is CC(C)(C)[S@@](=O)N[C@@H]1c2cc(NS(C)(=O)=O)ccc2CC12CCNCC2. The number of anilines is 1. The Balaban J connectivity index is 1.99. The largest absolute Gasteiger partial charge is 0.317 e. The number of hydrogen-bond donors (Lipinski definition) is 3. The smallest absolute Gasteiger partial charge is 0.229 e. The van der Waals surface area contributed by atoms with Crippen LogP contribution in [0.15, 0.2) is 18.2 Å². The van der Waals surface area contributed by atoms with Crippen LogP contribution in [-0.4, -0.2) is 36.7 Å². The summed E-state index contributed by atoms with van der Waals surface area (Å²) in [6, 6.07) is 5.69. The summed E-state index contributed by atoms with van der Waals surface area (Å²) in [6.45, 7) is 7.78. The van der Waals surface area contributed by atoms with E-state index in [1.807, 2.05) is 39.0 Å². The van der Waals surface area contributed by atoms with E-state index in [-0.39, 0.29) is 16.2 Å². The molecule has 1 saturated heterocycles. The van der Waals surface area contributed by atoms with Crippen LogP contribution < -0.4 is 14.8 Å². The van der Waals surface area contributed by atoms with Crippen molar-refractivity contribution < 1.29 is 12.6 Å². The van der Waals surface area contributed by atoms with Gasteiger partial charge in [0, 0.05) is 5.69 Å². The molecule has 1 fully saturated rings. The number of nitrogens with one attached hydrogen (secondary N) is 3. The van der Waals surface area contributed by atoms with Gasteiger partial charge in [0.25, 0.3) is 0 Å². The minimum Gasteiger partial charge on any atom is -0.317 e. The van der Waals surface area contributed by atoms with Gasteiger partial charge in [-0.25, -0.2) is 17.3 Å². The molecule has 0 bridgehead atoms. The van der Waals surface area contributed by atoms with Crippen LogP contribution in [0.3, 0.4) is 0 Å². The van der Waals surface area contributed by atoms with E-state index >= 15 is 0 Å². The molecule has 1 aliphatic heterocycles. The lowest BCUT2D eigenvalue weighted by Gasteiger charge is -2.40. The average molecular weight is 400 g/mol. The van der Waals surface area contributed by atoms with Crippen LogP contribution in [0.5, 0.6) is 0 Å². The molecule has 26 heavy (non-hydrogen) atoms. The molecule has 1 aromatic carbocycles. The molecule has 0 aromatic heterocycles. The monoisotopic (exact) mass is 399 g/mol. The Hall–Kier alpha value is -0.960. The van der Waals surface area contributed by atoms with Gasteiger partial charge in [0.15, 0.2) is 0 Å². The van der Waals surface area contributed by atoms with Gasteiger partial charge in [0.05, 0.1) is 28.0 Å². The van der Waals surface area contributed by atoms with Crippen LogP contribution in [0.2, 0.25) is 0 Å². The topological polar surface area (TPSA) is 87.3 Å². The zero-order valence-electron chi connectivity index (χ0n) is 15.9. The van der Waals surface area contributed by atoms with Crippen molar-refractivity contribution in [3.05, 3.63) is 29.3 Å². The van der Waals surface area contributed by atoms with E-state index in [0.29, 0.717) is 5.69 Å². The number of benzene rings is 1. The molecule has 3 rings (SSSR count). The fraction of sp³-hybridized carbons (Fsp3) is 0.667. The highest BCUT2D eigenvalue weighted by molar-refractivity contribution is 7.92. The summed E-state index contributed by atoms with van der Waals surface area (Å²) in [6.07, 6.45) is 4.10. The van der Waals surface area contributed by atoms with Gasteiger partial charge in [-0.1, -0.05) is 6.07 Å². The average Bonchev–Trinajstić information content (AvgIpc) is 2.79. The van der Waals surface area contributed by atoms with Crippen LogP contribution in [-0.2, 0) is 27.4 Å². The third-order valence-corrected chi connectivity index (χ3v) is 7.46. The number of hydrogen-bond acceptors (Lipinski definition) is 4. The first-order valence-electron chi connectivity index (χ1n) is 9.00. The third kappa shape index (κ3) is 4.13. The Morgan fingerprint density at radius 2 is 1.88 bits per heavy atom. The molecule has 1 aliphatic carbocycles. The summed E-state index contributed by atoms with van der Waals surface area (Å²) < 4.78 is 41.6. The molecule has 6 nitrogen and oxygen atoms in total. The molecular formula is C18H29N3O3S2. The fourth-order valence-corrected chi connectivity index (χ4v) is 5.48. The molecule has 2 aliphatic rings. The van der Waals surface area contributed by atoms with E-state index in [4.69, 9.17) is 0 Å². The van der Waals surface area contributed by atoms with E-state index < -0.39 is 21.0 Å². The first-order valence-corrected chi connectivity index (χ1v) is 12.0. The number of rotatable bonds is 4. The van der Waals surface area contributed by atoms with Gasteiger partial charge in [0.1, 0.15) is 0 Å². The van der Waals surface area contributed by atoms with Crippen molar-refractivity contribution >= 4 is 26.7 Å². The first-order chi connectivity index (χ1) is 12.0. The highest BCUT2D eigenvalue weighted by Crippen LogP contribution is 2.52. The van der Waals surface area contributed by atoms with Crippen LogP contribution in [0, 0.1) is 5.41 Å². The Morgan fingerprint density at radius 3 is 2.46 bits per heavy atom. The molecule has 3 N–H and O–H groups in total. The summed E-state index contributed by atoms with van der Waals surface area (Å²) in [5.74, 6) is 0. The van der Waals surface area contributed by atoms with Gasteiger partial charge < -0.3 is 5.32 Å². The molecule has 8 heteroatoms. The van der Waals surface area contributed by atoms with Crippen molar-refractivity contribution in [2.75, 3.05) is 24.1 Å². The lowest BCUT2D eigenvalue weighted by Crippen LogP contribution is -2.46. The summed E-state index contributed by atoms with van der Waals surface area (Å²) in [7, 11) is -4.53. The predicted molar refractivity (Wildman–Crippen MR) is 107 cm³/mol. The van der Waals surface area contributed by atoms with Gasteiger partial charge in [0.2, 0.25) is 10.0 Å². The van der Waals surface area contributed by atoms with Gasteiger partial charge in [-0.05, 0) is 81.8 Å². The van der Waals surface area contributed by atoms with Crippen molar-refractivity contribution in [3.8, 4) is 0 Å². The fourth-order valence-electron chi connectivity index (χ4n) is 3.98. The van der Waals surface area contributed by atoms with Crippen LogP contribution in [0.1, 0.15) is 50.8 Å². The summed E-state index contributed by atoms with van der Waals surface area (Å²) in [5, 5.41) is 3.41. The molecule has 146 valence electrons. The first kappa shape index (κ1) is 19.8. The van der Waals surface area contributed by atoms with Crippen LogP contribution in [0.25, 0.3) is 0 Å². The van der Waals surface area contributed by atoms with Crippen molar-refractivity contribution in [3.63, 3.8) is 0 Å². The van der Waals surface area contributed by atoms with Crippen molar-refractivity contribution in [2.24, 2.45) is 5.41 Å². The second-order valence-corrected chi connectivity index (χ2v) is 12.3. The van der Waals surface area contributed by atoms with Crippen LogP contribution >= 0.6 is 0 Å². The lowest BCUT2D eigenvalue weighted by atomic mass is 9.73. The van der Waals surface area contributed by atoms with E-state index in [1.54, 1.807) is 0 Å². The summed E-state index contributed by atoms with van der Waals surface area (Å²) in [4.78, 5) is 0. The zero-order chi connectivity index (χ0) is 19.2. The standard InChI is InChI=1S/C18H29N3O3S2/c1-17(2,3)25(22)20-16-15-11-14(21-26(4,23)24)6-5-13(15)12-18(16)7-9-19-10-8-18/h5-6,11,16,19-21H,7-10,12H2,1-4H3/t16-,25-/m1/s1. The van der Waals surface area contributed by atoms with Gasteiger partial charge in [-0.2, -0.15) is 0 Å². The molecule has 1 aromatic rings. The van der Waals surface area contributed by atoms with Gasteiger partial charge in [-0.15, -0.1) is 0 Å². The molecular weight excluding hydrogens is 370 g/mol. The highest BCUT2D eigenvalue weighted by atomic mass is 32.2. The highest BCUT2D eigenvalue weighted by Gasteiger charge is 2.47. The van der Waals surface area contributed by atoms with Gasteiger partial charge in [-0.3, -0.25) is 4.72 Å². The minimum atomic E-state index is -3.33. The quantitative estimate of drug-likeness (QED) is 0.723. The second kappa shape index (κ2) is 6.89. The maximum absolute atomic E-state index is 12.8.